The number of methoxy groups -OCH3 is 1. The van der Waals surface area contributed by atoms with Gasteiger partial charge in [-0.25, -0.2) is 4.98 Å². The minimum absolute atomic E-state index is 0.122. The predicted molar refractivity (Wildman–Crippen MR) is 95.9 cm³/mol. The largest absolute Gasteiger partial charge is 0.497 e. The zero-order valence-electron chi connectivity index (χ0n) is 15.3. The van der Waals surface area contributed by atoms with Crippen LogP contribution in [0.4, 0.5) is 0 Å². The van der Waals surface area contributed by atoms with Crippen molar-refractivity contribution in [3.8, 4) is 5.75 Å². The highest BCUT2D eigenvalue weighted by Gasteiger charge is 2.22. The molecule has 0 aliphatic heterocycles. The Hall–Kier alpha value is -3.09. The lowest BCUT2D eigenvalue weighted by atomic mass is 10.0. The fraction of sp³-hybridized carbons (Fsp3) is 0.316. The van der Waals surface area contributed by atoms with Crippen molar-refractivity contribution >= 4 is 5.91 Å². The number of carbonyl (C=O) groups is 1. The Labute approximate surface area is 152 Å². The summed E-state index contributed by atoms with van der Waals surface area (Å²) in [7, 11) is 3.52. The van der Waals surface area contributed by atoms with Crippen LogP contribution < -0.4 is 10.1 Å². The van der Waals surface area contributed by atoms with Gasteiger partial charge in [-0.1, -0.05) is 17.3 Å². The molecule has 26 heavy (non-hydrogen) atoms. The van der Waals surface area contributed by atoms with Crippen molar-refractivity contribution < 1.29 is 14.1 Å². The summed E-state index contributed by atoms with van der Waals surface area (Å²) in [6.07, 6.45) is 3.77. The molecule has 1 unspecified atom stereocenters. The lowest BCUT2D eigenvalue weighted by Gasteiger charge is -2.19. The van der Waals surface area contributed by atoms with E-state index in [9.17, 15) is 4.79 Å². The molecule has 1 amide bonds. The number of hydrogen-bond donors (Lipinski definition) is 1. The van der Waals surface area contributed by atoms with Crippen LogP contribution in [0.25, 0.3) is 0 Å². The second-order valence-corrected chi connectivity index (χ2v) is 6.15. The van der Waals surface area contributed by atoms with E-state index in [1.165, 1.54) is 0 Å². The van der Waals surface area contributed by atoms with Crippen LogP contribution in [0.1, 0.15) is 34.4 Å². The van der Waals surface area contributed by atoms with E-state index in [0.29, 0.717) is 5.76 Å². The average Bonchev–Trinajstić information content (AvgIpc) is 3.20. The predicted octanol–water partition coefficient (Wildman–Crippen LogP) is 2.48. The Bertz CT molecular complexity index is 876. The first-order chi connectivity index (χ1) is 12.5. The third kappa shape index (κ3) is 3.61. The van der Waals surface area contributed by atoms with Crippen molar-refractivity contribution in [3.63, 3.8) is 0 Å². The number of ether oxygens (including phenoxy) is 1. The van der Waals surface area contributed by atoms with E-state index in [-0.39, 0.29) is 18.4 Å². The molecule has 0 saturated carbocycles. The summed E-state index contributed by atoms with van der Waals surface area (Å²) in [6.45, 7) is 3.64. The molecule has 0 aliphatic rings. The molecule has 136 valence electrons. The maximum absolute atomic E-state index is 12.7. The van der Waals surface area contributed by atoms with Gasteiger partial charge in [0.05, 0.1) is 19.2 Å². The lowest BCUT2D eigenvalue weighted by molar-refractivity contribution is -0.121. The molecule has 0 bridgehead atoms. The number of carbonyl (C=O) groups excluding carboxylic acids is 1. The van der Waals surface area contributed by atoms with Gasteiger partial charge in [-0.2, -0.15) is 0 Å². The van der Waals surface area contributed by atoms with Gasteiger partial charge in [-0.05, 0) is 31.5 Å². The number of aryl methyl sites for hydroxylation is 3. The highest BCUT2D eigenvalue weighted by molar-refractivity contribution is 5.79. The molecule has 0 aliphatic carbocycles. The summed E-state index contributed by atoms with van der Waals surface area (Å²) < 4.78 is 12.3. The van der Waals surface area contributed by atoms with Crippen LogP contribution in [0.15, 0.2) is 41.2 Å². The Morgan fingerprint density at radius 2 is 2.04 bits per heavy atom. The van der Waals surface area contributed by atoms with Crippen LogP contribution >= 0.6 is 0 Å². The van der Waals surface area contributed by atoms with Gasteiger partial charge in [-0.15, -0.1) is 0 Å². The second kappa shape index (κ2) is 7.43. The van der Waals surface area contributed by atoms with Crippen LogP contribution in [0.2, 0.25) is 0 Å². The van der Waals surface area contributed by atoms with Gasteiger partial charge >= 0.3 is 0 Å². The first kappa shape index (κ1) is 17.7. The van der Waals surface area contributed by atoms with Gasteiger partial charge in [-0.3, -0.25) is 4.79 Å². The van der Waals surface area contributed by atoms with E-state index < -0.39 is 0 Å². The maximum Gasteiger partial charge on any atom is 0.225 e. The monoisotopic (exact) mass is 354 g/mol. The summed E-state index contributed by atoms with van der Waals surface area (Å²) in [5.41, 5.74) is 2.47. The normalized spacial score (nSPS) is 12.0. The fourth-order valence-corrected chi connectivity index (χ4v) is 2.88. The number of imidazole rings is 1. The summed E-state index contributed by atoms with van der Waals surface area (Å²) in [5, 5.41) is 6.98. The number of hydrogen-bond acceptors (Lipinski definition) is 5. The van der Waals surface area contributed by atoms with Gasteiger partial charge in [0, 0.05) is 25.0 Å². The highest BCUT2D eigenvalue weighted by Crippen LogP contribution is 2.23. The van der Waals surface area contributed by atoms with Crippen molar-refractivity contribution in [3.05, 3.63) is 65.1 Å². The molecule has 1 aromatic carbocycles. The molecule has 7 heteroatoms. The van der Waals surface area contributed by atoms with Crippen molar-refractivity contribution in [2.45, 2.75) is 26.3 Å². The summed E-state index contributed by atoms with van der Waals surface area (Å²) in [6, 6.07) is 7.22. The van der Waals surface area contributed by atoms with Crippen LogP contribution in [-0.4, -0.2) is 27.7 Å². The molecule has 3 aromatic rings. The molecule has 2 heterocycles. The maximum atomic E-state index is 12.7. The molecule has 7 nitrogen and oxygen atoms in total. The number of nitrogens with zero attached hydrogens (tertiary/aromatic N) is 3. The van der Waals surface area contributed by atoms with Gasteiger partial charge < -0.3 is 19.1 Å². The average molecular weight is 354 g/mol. The molecule has 0 spiro atoms. The van der Waals surface area contributed by atoms with Gasteiger partial charge in [0.15, 0.2) is 0 Å². The Morgan fingerprint density at radius 3 is 2.58 bits per heavy atom. The van der Waals surface area contributed by atoms with E-state index in [1.807, 2.05) is 55.9 Å². The third-order valence-corrected chi connectivity index (χ3v) is 4.39. The summed E-state index contributed by atoms with van der Waals surface area (Å²) in [5.74, 6) is 2.05. The molecular weight excluding hydrogens is 332 g/mol. The Morgan fingerprint density at radius 1 is 1.31 bits per heavy atom. The van der Waals surface area contributed by atoms with Gasteiger partial charge in [0.1, 0.15) is 23.4 Å². The Kier molecular flexibility index (Phi) is 5.06. The van der Waals surface area contributed by atoms with Crippen LogP contribution in [0, 0.1) is 13.8 Å². The van der Waals surface area contributed by atoms with Gasteiger partial charge in [0.2, 0.25) is 5.91 Å². The fourth-order valence-electron chi connectivity index (χ4n) is 2.88. The first-order valence-electron chi connectivity index (χ1n) is 8.32. The molecule has 0 fully saturated rings. The zero-order chi connectivity index (χ0) is 18.7. The second-order valence-electron chi connectivity index (χ2n) is 6.15. The third-order valence-electron chi connectivity index (χ3n) is 4.39. The number of amides is 1. The van der Waals surface area contributed by atoms with E-state index in [4.69, 9.17) is 9.26 Å². The molecule has 3 rings (SSSR count). The Balaban J connectivity index is 1.86. The van der Waals surface area contributed by atoms with Crippen LogP contribution in [0.3, 0.4) is 0 Å². The van der Waals surface area contributed by atoms with Crippen LogP contribution in [0.5, 0.6) is 5.75 Å². The topological polar surface area (TPSA) is 82.2 Å². The summed E-state index contributed by atoms with van der Waals surface area (Å²) >= 11 is 0. The number of rotatable bonds is 6. The lowest BCUT2D eigenvalue weighted by Crippen LogP contribution is -2.32. The molecule has 1 atom stereocenters. The first-order valence-corrected chi connectivity index (χ1v) is 8.32. The van der Waals surface area contributed by atoms with Crippen molar-refractivity contribution in [1.29, 1.82) is 0 Å². The van der Waals surface area contributed by atoms with E-state index in [2.05, 4.69) is 15.5 Å². The standard InChI is InChI=1S/C19H22N4O3/c1-12-16(13(2)26-22-12)11-17(24)21-18(19-20-9-10-23(19)3)14-5-7-15(25-4)8-6-14/h5-10,18H,11H2,1-4H3,(H,21,24). The molecule has 0 radical (unpaired) electrons. The van der Waals surface area contributed by atoms with E-state index >= 15 is 0 Å². The molecule has 2 aromatic heterocycles. The highest BCUT2D eigenvalue weighted by atomic mass is 16.5. The van der Waals surface area contributed by atoms with Crippen molar-refractivity contribution in [2.24, 2.45) is 7.05 Å². The van der Waals surface area contributed by atoms with E-state index in [0.717, 1.165) is 28.4 Å². The SMILES string of the molecule is COc1ccc(C(NC(=O)Cc2c(C)noc2C)c2nccn2C)cc1. The zero-order valence-corrected chi connectivity index (χ0v) is 15.3. The number of aromatic nitrogens is 3. The van der Waals surface area contributed by atoms with Crippen LogP contribution in [-0.2, 0) is 18.3 Å². The van der Waals surface area contributed by atoms with E-state index in [1.54, 1.807) is 13.3 Å². The van der Waals surface area contributed by atoms with Crippen molar-refractivity contribution in [1.82, 2.24) is 20.0 Å². The minimum atomic E-state index is -0.367. The molecular formula is C19H22N4O3. The minimum Gasteiger partial charge on any atom is -0.497 e. The summed E-state index contributed by atoms with van der Waals surface area (Å²) in [4.78, 5) is 17.1. The molecule has 0 saturated heterocycles. The number of nitrogens with one attached hydrogen (secondary N) is 1. The number of benzene rings is 1. The molecule has 1 N–H and O–H groups in total. The smallest absolute Gasteiger partial charge is 0.225 e. The van der Waals surface area contributed by atoms with Crippen molar-refractivity contribution in [2.75, 3.05) is 7.11 Å². The van der Waals surface area contributed by atoms with Gasteiger partial charge in [0.25, 0.3) is 0 Å². The quantitative estimate of drug-likeness (QED) is 0.735.